The Balaban J connectivity index is 1.58. The average Bonchev–Trinajstić information content (AvgIpc) is 3.30. The molecule has 2 aromatic heterocycles. The number of nitrogens with zero attached hydrogens (tertiary/aromatic N) is 3. The number of imidazole rings is 1. The standard InChI is InChI=1S/C24H24F4N6O3/c1-36-18-3-2-14(20(27)21(18)28)17-12-32-23-22(30-5-7-34(17)23)33-13-10-15(25)19(16(26)11-13)24(35)31-6-9-37-8-4-29/h2-3,5,7,10-12,24,31,35H,4,6,8-9,29H2,1H3,(H,30,33). The minimum absolute atomic E-state index is 0.0101. The van der Waals surface area contributed by atoms with Crippen molar-refractivity contribution in [2.45, 2.75) is 6.23 Å². The summed E-state index contributed by atoms with van der Waals surface area (Å²) in [6.07, 6.45) is 2.55. The lowest BCUT2D eigenvalue weighted by Gasteiger charge is -2.16. The summed E-state index contributed by atoms with van der Waals surface area (Å²) in [5.41, 5.74) is 5.08. The molecule has 2 aromatic carbocycles. The first-order chi connectivity index (χ1) is 17.8. The van der Waals surface area contributed by atoms with E-state index in [2.05, 4.69) is 20.6 Å². The van der Waals surface area contributed by atoms with Crippen molar-refractivity contribution in [3.05, 3.63) is 71.7 Å². The number of aliphatic hydroxyl groups excluding tert-OH is 1. The highest BCUT2D eigenvalue weighted by atomic mass is 19.2. The van der Waals surface area contributed by atoms with E-state index >= 15 is 0 Å². The Kier molecular flexibility index (Phi) is 8.18. The number of nitrogens with one attached hydrogen (secondary N) is 2. The van der Waals surface area contributed by atoms with Gasteiger partial charge in [0.05, 0.1) is 37.8 Å². The van der Waals surface area contributed by atoms with E-state index in [4.69, 9.17) is 15.2 Å². The minimum atomic E-state index is -1.60. The molecule has 1 unspecified atom stereocenters. The second kappa shape index (κ2) is 11.5. The normalized spacial score (nSPS) is 12.2. The lowest BCUT2D eigenvalue weighted by molar-refractivity contribution is 0.0979. The van der Waals surface area contributed by atoms with E-state index in [0.29, 0.717) is 13.2 Å². The largest absolute Gasteiger partial charge is 0.494 e. The van der Waals surface area contributed by atoms with E-state index in [1.165, 1.54) is 42.2 Å². The molecule has 0 saturated heterocycles. The third-order valence-electron chi connectivity index (χ3n) is 5.43. The Morgan fingerprint density at radius 2 is 1.84 bits per heavy atom. The van der Waals surface area contributed by atoms with Gasteiger partial charge in [-0.05, 0) is 24.3 Å². The fourth-order valence-corrected chi connectivity index (χ4v) is 3.70. The molecule has 9 nitrogen and oxygen atoms in total. The molecule has 5 N–H and O–H groups in total. The average molecular weight is 520 g/mol. The number of methoxy groups -OCH3 is 1. The van der Waals surface area contributed by atoms with Crippen molar-refractivity contribution in [1.82, 2.24) is 19.7 Å². The van der Waals surface area contributed by atoms with Crippen LogP contribution in [0.25, 0.3) is 16.9 Å². The summed E-state index contributed by atoms with van der Waals surface area (Å²) in [6.45, 7) is 1.00. The summed E-state index contributed by atoms with van der Waals surface area (Å²) in [5.74, 6) is -4.41. The van der Waals surface area contributed by atoms with Gasteiger partial charge in [0, 0.05) is 36.7 Å². The van der Waals surface area contributed by atoms with Gasteiger partial charge in [0.2, 0.25) is 5.82 Å². The minimum Gasteiger partial charge on any atom is -0.494 e. The molecule has 196 valence electrons. The number of halogens is 4. The third kappa shape index (κ3) is 5.49. The molecule has 0 aliphatic carbocycles. The van der Waals surface area contributed by atoms with Crippen LogP contribution in [0.1, 0.15) is 11.8 Å². The molecule has 2 heterocycles. The quantitative estimate of drug-likeness (QED) is 0.135. The number of aliphatic hydroxyl groups is 1. The predicted molar refractivity (Wildman–Crippen MR) is 127 cm³/mol. The first-order valence-corrected chi connectivity index (χ1v) is 11.1. The van der Waals surface area contributed by atoms with Gasteiger partial charge in [-0.3, -0.25) is 9.72 Å². The van der Waals surface area contributed by atoms with Crippen LogP contribution in [-0.4, -0.2) is 52.9 Å². The predicted octanol–water partition coefficient (Wildman–Crippen LogP) is 3.26. The highest BCUT2D eigenvalue weighted by Crippen LogP contribution is 2.32. The number of benzene rings is 2. The summed E-state index contributed by atoms with van der Waals surface area (Å²) in [4.78, 5) is 8.36. The topological polar surface area (TPSA) is 119 Å². The summed E-state index contributed by atoms with van der Waals surface area (Å²) in [7, 11) is 1.23. The molecule has 0 aliphatic heterocycles. The smallest absolute Gasteiger partial charge is 0.201 e. The molecule has 37 heavy (non-hydrogen) atoms. The zero-order valence-electron chi connectivity index (χ0n) is 19.6. The summed E-state index contributed by atoms with van der Waals surface area (Å²) < 4.78 is 69.7. The van der Waals surface area contributed by atoms with Crippen LogP contribution < -0.4 is 21.1 Å². The summed E-state index contributed by atoms with van der Waals surface area (Å²) in [6, 6.07) is 4.61. The van der Waals surface area contributed by atoms with Gasteiger partial charge >= 0.3 is 0 Å². The van der Waals surface area contributed by atoms with Crippen molar-refractivity contribution in [3.8, 4) is 17.0 Å². The molecule has 0 radical (unpaired) electrons. The van der Waals surface area contributed by atoms with Gasteiger partial charge < -0.3 is 25.6 Å². The molecule has 0 amide bonds. The first kappa shape index (κ1) is 26.3. The zero-order chi connectivity index (χ0) is 26.5. The maximum Gasteiger partial charge on any atom is 0.201 e. The molecule has 0 aliphatic rings. The van der Waals surface area contributed by atoms with Crippen molar-refractivity contribution < 1.29 is 32.1 Å². The van der Waals surface area contributed by atoms with E-state index in [9.17, 15) is 22.7 Å². The molecule has 13 heteroatoms. The zero-order valence-corrected chi connectivity index (χ0v) is 19.6. The molecular formula is C24H24F4N6O3. The number of anilines is 2. The van der Waals surface area contributed by atoms with Crippen LogP contribution in [0.4, 0.5) is 29.1 Å². The fourth-order valence-electron chi connectivity index (χ4n) is 3.70. The van der Waals surface area contributed by atoms with Crippen molar-refractivity contribution in [1.29, 1.82) is 0 Å². The second-order valence-electron chi connectivity index (χ2n) is 7.79. The van der Waals surface area contributed by atoms with Crippen LogP contribution in [0.15, 0.2) is 42.9 Å². The molecule has 0 spiro atoms. The van der Waals surface area contributed by atoms with Crippen LogP contribution in [0, 0.1) is 23.3 Å². The van der Waals surface area contributed by atoms with Crippen LogP contribution in [0.2, 0.25) is 0 Å². The Labute approximate surface area is 208 Å². The van der Waals surface area contributed by atoms with Crippen molar-refractivity contribution in [2.24, 2.45) is 5.73 Å². The first-order valence-electron chi connectivity index (χ1n) is 11.1. The monoisotopic (exact) mass is 520 g/mol. The van der Waals surface area contributed by atoms with Crippen LogP contribution >= 0.6 is 0 Å². The van der Waals surface area contributed by atoms with Gasteiger partial charge in [0.25, 0.3) is 0 Å². The molecule has 0 fully saturated rings. The molecule has 0 saturated carbocycles. The van der Waals surface area contributed by atoms with Crippen molar-refractivity contribution in [2.75, 3.05) is 38.7 Å². The third-order valence-corrected chi connectivity index (χ3v) is 5.43. The molecule has 4 rings (SSSR count). The molecule has 0 bridgehead atoms. The van der Waals surface area contributed by atoms with Crippen LogP contribution in [0.3, 0.4) is 0 Å². The van der Waals surface area contributed by atoms with E-state index < -0.39 is 35.1 Å². The van der Waals surface area contributed by atoms with Gasteiger partial charge in [-0.25, -0.2) is 23.1 Å². The van der Waals surface area contributed by atoms with Gasteiger partial charge in [-0.1, -0.05) is 0 Å². The van der Waals surface area contributed by atoms with E-state index in [-0.39, 0.29) is 47.3 Å². The van der Waals surface area contributed by atoms with Crippen LogP contribution in [0.5, 0.6) is 5.75 Å². The number of rotatable bonds is 11. The molecule has 1 atom stereocenters. The maximum atomic E-state index is 14.7. The molecular weight excluding hydrogens is 496 g/mol. The van der Waals surface area contributed by atoms with Crippen molar-refractivity contribution in [3.63, 3.8) is 0 Å². The summed E-state index contributed by atoms with van der Waals surface area (Å²) in [5, 5.41) is 15.5. The number of nitrogens with two attached hydrogens (primary N) is 1. The van der Waals surface area contributed by atoms with E-state index in [1.54, 1.807) is 0 Å². The molecule has 4 aromatic rings. The summed E-state index contributed by atoms with van der Waals surface area (Å²) >= 11 is 0. The fraction of sp³-hybridized carbons (Fsp3) is 0.250. The van der Waals surface area contributed by atoms with E-state index in [1.807, 2.05) is 0 Å². The number of fused-ring (bicyclic) bond motifs is 1. The maximum absolute atomic E-state index is 14.7. The Hall–Kier alpha value is -3.78. The van der Waals surface area contributed by atoms with Gasteiger partial charge in [-0.2, -0.15) is 4.39 Å². The SMILES string of the molecule is COc1ccc(-c2cnc3c(Nc4cc(F)c(C(O)NCCOCCN)c(F)c4)nccn23)c(F)c1F. The van der Waals surface area contributed by atoms with Crippen LogP contribution in [-0.2, 0) is 4.74 Å². The highest BCUT2D eigenvalue weighted by molar-refractivity contribution is 5.74. The Morgan fingerprint density at radius 3 is 2.54 bits per heavy atom. The van der Waals surface area contributed by atoms with Gasteiger partial charge in [0.15, 0.2) is 23.0 Å². The second-order valence-corrected chi connectivity index (χ2v) is 7.79. The van der Waals surface area contributed by atoms with Crippen molar-refractivity contribution >= 4 is 17.2 Å². The lowest BCUT2D eigenvalue weighted by atomic mass is 10.1. The Bertz CT molecular complexity index is 1380. The number of hydrogen-bond acceptors (Lipinski definition) is 8. The number of aromatic nitrogens is 3. The van der Waals surface area contributed by atoms with Gasteiger partial charge in [-0.15, -0.1) is 0 Å². The van der Waals surface area contributed by atoms with Gasteiger partial charge in [0.1, 0.15) is 17.9 Å². The van der Waals surface area contributed by atoms with E-state index in [0.717, 1.165) is 12.1 Å². The highest BCUT2D eigenvalue weighted by Gasteiger charge is 2.21. The number of hydrogen-bond donors (Lipinski definition) is 4. The lowest BCUT2D eigenvalue weighted by Crippen LogP contribution is -2.27. The number of ether oxygens (including phenoxy) is 2. The Morgan fingerprint density at radius 1 is 1.08 bits per heavy atom.